The van der Waals surface area contributed by atoms with E-state index < -0.39 is 64.2 Å². The summed E-state index contributed by atoms with van der Waals surface area (Å²) in [6.45, 7) is 0.0763. The molecule has 4 aromatic carbocycles. The van der Waals surface area contributed by atoms with Crippen LogP contribution in [0.15, 0.2) is 133 Å². The number of amides is 5. The van der Waals surface area contributed by atoms with Gasteiger partial charge in [-0.25, -0.2) is 0 Å². The smallest absolute Gasteiger partial charge is 0.252 e. The predicted octanol–water partition coefficient (Wildman–Crippen LogP) is 4.28. The van der Waals surface area contributed by atoms with Gasteiger partial charge in [-0.1, -0.05) is 121 Å². The molecule has 2 aliphatic heterocycles. The Hall–Kier alpha value is -5.63. The lowest BCUT2D eigenvalue weighted by Crippen LogP contribution is -2.73. The maximum absolute atomic E-state index is 14.7. The van der Waals surface area contributed by atoms with Crippen LogP contribution >= 0.6 is 0 Å². The molecule has 3 aliphatic carbocycles. The van der Waals surface area contributed by atoms with Crippen molar-refractivity contribution in [1.82, 2.24) is 15.1 Å². The van der Waals surface area contributed by atoms with Crippen molar-refractivity contribution in [3.8, 4) is 0 Å². The van der Waals surface area contributed by atoms with Crippen LogP contribution in [0.5, 0.6) is 0 Å². The Labute approximate surface area is 271 Å². The van der Waals surface area contributed by atoms with Crippen LogP contribution in [-0.4, -0.2) is 44.9 Å². The summed E-state index contributed by atoms with van der Waals surface area (Å²) in [6.07, 6.45) is 3.56. The van der Waals surface area contributed by atoms with Crippen molar-refractivity contribution in [2.45, 2.75) is 24.0 Å². The summed E-state index contributed by atoms with van der Waals surface area (Å²) in [6, 6.07) is 36.3. The fourth-order valence-electron chi connectivity index (χ4n) is 8.54. The third kappa shape index (κ3) is 4.10. The fraction of sp³-hybridized carbons (Fsp3) is 0.205. The second-order valence-corrected chi connectivity index (χ2v) is 12.8. The van der Waals surface area contributed by atoms with Gasteiger partial charge in [0.2, 0.25) is 23.6 Å². The van der Waals surface area contributed by atoms with Gasteiger partial charge in [0.1, 0.15) is 0 Å². The zero-order valence-corrected chi connectivity index (χ0v) is 25.4. The Morgan fingerprint density at radius 1 is 0.532 bits per heavy atom. The molecular formula is C39H31N3O5. The average Bonchev–Trinajstić information content (AvgIpc) is 3.53. The highest BCUT2D eigenvalue weighted by atomic mass is 16.2. The van der Waals surface area contributed by atoms with Gasteiger partial charge in [0.15, 0.2) is 0 Å². The average molecular weight is 622 g/mol. The minimum absolute atomic E-state index is 0.0381. The molecule has 5 amide bonds. The largest absolute Gasteiger partial charge is 0.341 e. The first-order valence-electron chi connectivity index (χ1n) is 15.8. The van der Waals surface area contributed by atoms with E-state index >= 15 is 0 Å². The number of nitrogens with one attached hydrogen (secondary N) is 1. The number of imide groups is 2. The third-order valence-electron chi connectivity index (χ3n) is 10.5. The standard InChI is InChI=1S/C39H31N3O5/c43-33(27-17-9-3-10-18-27)40-39-22-21-38(28-19-11-4-12-20-28,29-31(39)36(46)41(34(29)44)23-25-13-5-1-6-14-25)30-32(39)37(47)42(35(30)45)24-26-15-7-2-8-16-26/h1-22,29-32H,23-24H2,(H,40,43)/t29-,30+,31+,32-,38?,39?. The highest BCUT2D eigenvalue weighted by Crippen LogP contribution is 2.66. The number of carbonyl (C=O) groups excluding carboxylic acids is 5. The van der Waals surface area contributed by atoms with Crippen LogP contribution in [0.1, 0.15) is 27.0 Å². The molecule has 47 heavy (non-hydrogen) atoms. The molecular weight excluding hydrogens is 590 g/mol. The van der Waals surface area contributed by atoms with Gasteiger partial charge in [0.05, 0.1) is 42.3 Å². The highest BCUT2D eigenvalue weighted by Gasteiger charge is 2.80. The van der Waals surface area contributed by atoms with Gasteiger partial charge in [0, 0.05) is 11.0 Å². The minimum atomic E-state index is -1.63. The summed E-state index contributed by atoms with van der Waals surface area (Å²) < 4.78 is 0. The molecule has 0 spiro atoms. The van der Waals surface area contributed by atoms with Crippen LogP contribution in [0.4, 0.5) is 0 Å². The quantitative estimate of drug-likeness (QED) is 0.245. The Balaban J connectivity index is 1.33. The van der Waals surface area contributed by atoms with Crippen molar-refractivity contribution in [3.05, 3.63) is 156 Å². The van der Waals surface area contributed by atoms with E-state index in [2.05, 4.69) is 5.32 Å². The Morgan fingerprint density at radius 3 is 1.40 bits per heavy atom. The lowest BCUT2D eigenvalue weighted by Gasteiger charge is -2.59. The first kappa shape index (κ1) is 28.8. The SMILES string of the molecule is O=C(NC12C=CC(c3ccccc3)([C@@H]3C(=O)N(Cc4ccccc4)C(=O)[C@@H]31)[C@H]1C(=O)N(Cc3ccccc3)C(=O)[C@H]12)c1ccccc1. The van der Waals surface area contributed by atoms with Gasteiger partial charge in [-0.05, 0) is 28.8 Å². The number of carbonyl (C=O) groups is 5. The van der Waals surface area contributed by atoms with Crippen molar-refractivity contribution < 1.29 is 24.0 Å². The lowest BCUT2D eigenvalue weighted by molar-refractivity contribution is -0.143. The summed E-state index contributed by atoms with van der Waals surface area (Å²) in [5.41, 5.74) is -0.378. The van der Waals surface area contributed by atoms with Crippen molar-refractivity contribution >= 4 is 29.5 Å². The first-order chi connectivity index (χ1) is 22.9. The predicted molar refractivity (Wildman–Crippen MR) is 172 cm³/mol. The third-order valence-corrected chi connectivity index (χ3v) is 10.5. The molecule has 3 fully saturated rings. The van der Waals surface area contributed by atoms with Gasteiger partial charge in [-0.3, -0.25) is 33.8 Å². The number of allylic oxidation sites excluding steroid dienone is 1. The number of hydrogen-bond acceptors (Lipinski definition) is 5. The topological polar surface area (TPSA) is 104 Å². The Bertz CT molecular complexity index is 1860. The van der Waals surface area contributed by atoms with Crippen molar-refractivity contribution in [1.29, 1.82) is 0 Å². The van der Waals surface area contributed by atoms with E-state index in [4.69, 9.17) is 0 Å². The Morgan fingerprint density at radius 2 is 0.936 bits per heavy atom. The number of likely N-dealkylation sites (tertiary alicyclic amines) is 2. The zero-order valence-electron chi connectivity index (χ0n) is 25.4. The van der Waals surface area contributed by atoms with E-state index in [-0.39, 0.29) is 13.1 Å². The van der Waals surface area contributed by atoms with E-state index in [1.807, 2.05) is 97.1 Å². The van der Waals surface area contributed by atoms with Crippen LogP contribution in [0.2, 0.25) is 0 Å². The van der Waals surface area contributed by atoms with Gasteiger partial charge in [0.25, 0.3) is 5.91 Å². The molecule has 0 aromatic heterocycles. The van der Waals surface area contributed by atoms with Crippen LogP contribution in [0.25, 0.3) is 0 Å². The normalized spacial score (nSPS) is 28.9. The molecule has 9 rings (SSSR count). The molecule has 8 heteroatoms. The highest BCUT2D eigenvalue weighted by molar-refractivity contribution is 6.14. The van der Waals surface area contributed by atoms with Gasteiger partial charge < -0.3 is 5.32 Å². The van der Waals surface area contributed by atoms with E-state index in [1.54, 1.807) is 36.4 Å². The van der Waals surface area contributed by atoms with E-state index in [0.29, 0.717) is 11.1 Å². The molecule has 2 unspecified atom stereocenters. The van der Waals surface area contributed by atoms with Crippen molar-refractivity contribution in [3.63, 3.8) is 0 Å². The summed E-state index contributed by atoms with van der Waals surface area (Å²) in [5, 5.41) is 3.09. The van der Waals surface area contributed by atoms with Crippen LogP contribution in [-0.2, 0) is 37.7 Å². The molecule has 2 saturated heterocycles. The summed E-state index contributed by atoms with van der Waals surface area (Å²) in [7, 11) is 0. The molecule has 2 heterocycles. The number of benzene rings is 4. The summed E-state index contributed by atoms with van der Waals surface area (Å²) >= 11 is 0. The fourth-order valence-corrected chi connectivity index (χ4v) is 8.54. The van der Waals surface area contributed by atoms with E-state index in [0.717, 1.165) is 11.1 Å². The molecule has 8 nitrogen and oxygen atoms in total. The summed E-state index contributed by atoms with van der Waals surface area (Å²) in [4.78, 5) is 75.3. The lowest BCUT2D eigenvalue weighted by atomic mass is 9.42. The van der Waals surface area contributed by atoms with E-state index in [1.165, 1.54) is 9.80 Å². The van der Waals surface area contributed by atoms with Crippen LogP contribution in [0, 0.1) is 23.7 Å². The second kappa shape index (κ2) is 10.7. The van der Waals surface area contributed by atoms with Gasteiger partial charge in [-0.15, -0.1) is 0 Å². The molecule has 6 atom stereocenters. The van der Waals surface area contributed by atoms with E-state index in [9.17, 15) is 24.0 Å². The number of rotatable bonds is 7. The second-order valence-electron chi connectivity index (χ2n) is 12.8. The first-order valence-corrected chi connectivity index (χ1v) is 15.8. The zero-order chi connectivity index (χ0) is 32.3. The summed E-state index contributed by atoms with van der Waals surface area (Å²) in [5.74, 6) is -6.58. The Kier molecular flexibility index (Phi) is 6.58. The minimum Gasteiger partial charge on any atom is -0.341 e. The van der Waals surface area contributed by atoms with Gasteiger partial charge in [-0.2, -0.15) is 0 Å². The molecule has 1 N–H and O–H groups in total. The monoisotopic (exact) mass is 621 g/mol. The molecule has 5 aliphatic rings. The molecule has 232 valence electrons. The molecule has 2 bridgehead atoms. The molecule has 1 saturated carbocycles. The number of nitrogens with zero attached hydrogens (tertiary/aromatic N) is 2. The van der Waals surface area contributed by atoms with Crippen LogP contribution in [0.3, 0.4) is 0 Å². The van der Waals surface area contributed by atoms with Gasteiger partial charge >= 0.3 is 0 Å². The van der Waals surface area contributed by atoms with Crippen molar-refractivity contribution in [2.75, 3.05) is 0 Å². The van der Waals surface area contributed by atoms with Crippen molar-refractivity contribution in [2.24, 2.45) is 23.7 Å². The number of hydrogen-bond donors (Lipinski definition) is 1. The maximum atomic E-state index is 14.7. The molecule has 0 radical (unpaired) electrons. The maximum Gasteiger partial charge on any atom is 0.252 e. The van der Waals surface area contributed by atoms with Crippen LogP contribution < -0.4 is 5.32 Å². The molecule has 4 aromatic rings.